The van der Waals surface area contributed by atoms with Crippen molar-refractivity contribution in [2.75, 3.05) is 5.32 Å². The van der Waals surface area contributed by atoms with Gasteiger partial charge in [0.05, 0.1) is 5.69 Å². The van der Waals surface area contributed by atoms with Gasteiger partial charge in [-0.15, -0.1) is 0 Å². The molecule has 24 heavy (non-hydrogen) atoms. The predicted octanol–water partition coefficient (Wildman–Crippen LogP) is 5.17. The highest BCUT2D eigenvalue weighted by Crippen LogP contribution is 2.38. The lowest BCUT2D eigenvalue weighted by atomic mass is 9.93. The van der Waals surface area contributed by atoms with E-state index in [9.17, 15) is 4.79 Å². The molecule has 0 bridgehead atoms. The average Bonchev–Trinajstić information content (AvgIpc) is 2.63. The number of rotatable bonds is 2. The third-order valence-electron chi connectivity index (χ3n) is 3.96. The maximum Gasteiger partial charge on any atom is 0.417 e. The minimum Gasteiger partial charge on any atom is -0.409 e. The summed E-state index contributed by atoms with van der Waals surface area (Å²) in [6.07, 6.45) is -0.465. The van der Waals surface area contributed by atoms with Gasteiger partial charge in [0, 0.05) is 11.1 Å². The predicted molar refractivity (Wildman–Crippen MR) is 95.3 cm³/mol. The Morgan fingerprint density at radius 1 is 0.708 bits per heavy atom. The molecule has 4 rings (SSSR count). The molecule has 0 aromatic heterocycles. The number of carbonyl (C=O) groups is 1. The molecule has 1 N–H and O–H groups in total. The lowest BCUT2D eigenvalue weighted by molar-refractivity contribution is 0.206. The van der Waals surface area contributed by atoms with E-state index in [2.05, 4.69) is 5.32 Å². The normalized spacial score (nSPS) is 12.8. The van der Waals surface area contributed by atoms with Crippen molar-refractivity contribution in [3.63, 3.8) is 0 Å². The number of anilines is 1. The van der Waals surface area contributed by atoms with Gasteiger partial charge in [0.1, 0.15) is 0 Å². The third kappa shape index (κ3) is 2.57. The van der Waals surface area contributed by atoms with Gasteiger partial charge in [-0.3, -0.25) is 5.32 Å². The quantitative estimate of drug-likeness (QED) is 0.709. The van der Waals surface area contributed by atoms with Gasteiger partial charge in [-0.05, 0) is 23.3 Å². The van der Waals surface area contributed by atoms with E-state index in [1.54, 1.807) is 0 Å². The Labute approximate surface area is 140 Å². The van der Waals surface area contributed by atoms with Gasteiger partial charge in [-0.1, -0.05) is 72.8 Å². The Kier molecular flexibility index (Phi) is 3.60. The van der Waals surface area contributed by atoms with Crippen LogP contribution < -0.4 is 5.32 Å². The van der Waals surface area contributed by atoms with E-state index in [-0.39, 0.29) is 0 Å². The first-order valence-electron chi connectivity index (χ1n) is 7.76. The fourth-order valence-corrected chi connectivity index (χ4v) is 2.90. The number of hydrogen-bond acceptors (Lipinski definition) is 2. The molecule has 0 radical (unpaired) electrons. The van der Waals surface area contributed by atoms with Gasteiger partial charge in [0.2, 0.25) is 0 Å². The fraction of sp³-hybridized carbons (Fsp3) is 0. The second-order valence-corrected chi connectivity index (χ2v) is 5.50. The zero-order valence-electron chi connectivity index (χ0n) is 12.9. The highest BCUT2D eigenvalue weighted by Gasteiger charge is 2.25. The number of carbonyl (C=O) groups excluding carboxylic acids is 1. The molecule has 0 atom stereocenters. The number of amides is 1. The second-order valence-electron chi connectivity index (χ2n) is 5.50. The van der Waals surface area contributed by atoms with Crippen LogP contribution in [0.5, 0.6) is 0 Å². The van der Waals surface area contributed by atoms with Crippen LogP contribution in [0.15, 0.2) is 84.9 Å². The van der Waals surface area contributed by atoms with Crippen LogP contribution >= 0.6 is 0 Å². The lowest BCUT2D eigenvalue weighted by Gasteiger charge is -2.23. The van der Waals surface area contributed by atoms with Crippen molar-refractivity contribution in [3.05, 3.63) is 102 Å². The standard InChI is InChI=1S/C21H15NO2/c23-21-22-18-14-8-7-13-17(18)20(24-21)19(15-9-3-1-4-10-15)16-11-5-2-6-12-16/h1-14H,(H,22,23). The molecule has 0 saturated carbocycles. The van der Waals surface area contributed by atoms with Crippen LogP contribution in [-0.2, 0) is 4.74 Å². The molecule has 0 aliphatic carbocycles. The summed E-state index contributed by atoms with van der Waals surface area (Å²) in [5, 5.41) is 2.75. The second kappa shape index (κ2) is 6.05. The Hall–Kier alpha value is -3.33. The van der Waals surface area contributed by atoms with Crippen molar-refractivity contribution in [1.29, 1.82) is 0 Å². The first-order valence-corrected chi connectivity index (χ1v) is 7.76. The summed E-state index contributed by atoms with van der Waals surface area (Å²) in [4.78, 5) is 12.0. The molecule has 1 aliphatic rings. The van der Waals surface area contributed by atoms with Gasteiger partial charge in [-0.2, -0.15) is 0 Å². The average molecular weight is 313 g/mol. The minimum absolute atomic E-state index is 0.465. The summed E-state index contributed by atoms with van der Waals surface area (Å²) >= 11 is 0. The minimum atomic E-state index is -0.465. The molecular formula is C21H15NO2. The Balaban J connectivity index is 2.03. The molecule has 3 aromatic carbocycles. The van der Waals surface area contributed by atoms with Crippen molar-refractivity contribution in [3.8, 4) is 0 Å². The van der Waals surface area contributed by atoms with Crippen molar-refractivity contribution in [2.45, 2.75) is 0 Å². The first kappa shape index (κ1) is 14.3. The number of para-hydroxylation sites is 1. The van der Waals surface area contributed by atoms with Crippen LogP contribution in [0, 0.1) is 0 Å². The van der Waals surface area contributed by atoms with E-state index in [1.165, 1.54) is 0 Å². The van der Waals surface area contributed by atoms with E-state index >= 15 is 0 Å². The van der Waals surface area contributed by atoms with Crippen LogP contribution in [0.3, 0.4) is 0 Å². The molecule has 3 heteroatoms. The van der Waals surface area contributed by atoms with Crippen LogP contribution in [0.25, 0.3) is 11.3 Å². The summed E-state index contributed by atoms with van der Waals surface area (Å²) in [7, 11) is 0. The van der Waals surface area contributed by atoms with E-state index in [0.717, 1.165) is 28.0 Å². The smallest absolute Gasteiger partial charge is 0.409 e. The SMILES string of the molecule is O=C1Nc2ccccc2C(=C(c2ccccc2)c2ccccc2)O1. The molecule has 116 valence electrons. The maximum absolute atomic E-state index is 12.0. The summed E-state index contributed by atoms with van der Waals surface area (Å²) in [5.41, 5.74) is 4.54. The van der Waals surface area contributed by atoms with E-state index in [1.807, 2.05) is 84.9 Å². The number of cyclic esters (lactones) is 1. The zero-order valence-corrected chi connectivity index (χ0v) is 12.9. The van der Waals surface area contributed by atoms with Gasteiger partial charge in [0.15, 0.2) is 5.76 Å². The highest BCUT2D eigenvalue weighted by atomic mass is 16.6. The monoisotopic (exact) mass is 313 g/mol. The van der Waals surface area contributed by atoms with Crippen molar-refractivity contribution in [2.24, 2.45) is 0 Å². The topological polar surface area (TPSA) is 38.3 Å². The highest BCUT2D eigenvalue weighted by molar-refractivity contribution is 6.06. The van der Waals surface area contributed by atoms with Crippen molar-refractivity contribution >= 4 is 23.1 Å². The number of ether oxygens (including phenoxy) is 1. The number of nitrogens with one attached hydrogen (secondary N) is 1. The molecule has 1 heterocycles. The van der Waals surface area contributed by atoms with E-state index in [0.29, 0.717) is 5.76 Å². The number of benzene rings is 3. The largest absolute Gasteiger partial charge is 0.417 e. The molecule has 0 unspecified atom stereocenters. The Morgan fingerprint density at radius 3 is 1.88 bits per heavy atom. The van der Waals surface area contributed by atoms with Crippen LogP contribution in [0.2, 0.25) is 0 Å². The van der Waals surface area contributed by atoms with Gasteiger partial charge >= 0.3 is 6.09 Å². The van der Waals surface area contributed by atoms with Gasteiger partial charge in [-0.25, -0.2) is 4.79 Å². The molecular weight excluding hydrogens is 298 g/mol. The molecule has 0 spiro atoms. The van der Waals surface area contributed by atoms with Crippen LogP contribution in [-0.4, -0.2) is 6.09 Å². The number of hydrogen-bond donors (Lipinski definition) is 1. The molecule has 3 nitrogen and oxygen atoms in total. The lowest BCUT2D eigenvalue weighted by Crippen LogP contribution is -2.20. The molecule has 0 saturated heterocycles. The van der Waals surface area contributed by atoms with Crippen molar-refractivity contribution < 1.29 is 9.53 Å². The Bertz CT molecular complexity index is 873. The maximum atomic E-state index is 12.0. The summed E-state index contributed by atoms with van der Waals surface area (Å²) in [6, 6.07) is 27.6. The van der Waals surface area contributed by atoms with E-state index < -0.39 is 6.09 Å². The summed E-state index contributed by atoms with van der Waals surface area (Å²) < 4.78 is 5.61. The van der Waals surface area contributed by atoms with Crippen LogP contribution in [0.1, 0.15) is 16.7 Å². The zero-order chi connectivity index (χ0) is 16.4. The van der Waals surface area contributed by atoms with Gasteiger partial charge in [0.25, 0.3) is 0 Å². The fourth-order valence-electron chi connectivity index (χ4n) is 2.90. The third-order valence-corrected chi connectivity index (χ3v) is 3.96. The van der Waals surface area contributed by atoms with Gasteiger partial charge < -0.3 is 4.74 Å². The van der Waals surface area contributed by atoms with Crippen molar-refractivity contribution in [1.82, 2.24) is 0 Å². The first-order chi connectivity index (χ1) is 11.8. The van der Waals surface area contributed by atoms with Crippen LogP contribution in [0.4, 0.5) is 10.5 Å². The molecule has 1 aliphatic heterocycles. The summed E-state index contributed by atoms with van der Waals surface area (Å²) in [6.45, 7) is 0. The summed E-state index contributed by atoms with van der Waals surface area (Å²) in [5.74, 6) is 0.576. The van der Waals surface area contributed by atoms with E-state index in [4.69, 9.17) is 4.74 Å². The molecule has 3 aromatic rings. The number of fused-ring (bicyclic) bond motifs is 1. The molecule has 1 amide bonds. The molecule has 0 fully saturated rings. The Morgan fingerprint density at radius 2 is 1.25 bits per heavy atom.